The van der Waals surface area contributed by atoms with Crippen LogP contribution in [0.15, 0.2) is 65.4 Å². The summed E-state index contributed by atoms with van der Waals surface area (Å²) in [6.07, 6.45) is 11.7. The number of nitrogens with zero attached hydrogens (tertiary/aromatic N) is 2. The van der Waals surface area contributed by atoms with E-state index in [1.54, 1.807) is 0 Å². The summed E-state index contributed by atoms with van der Waals surface area (Å²) >= 11 is 0. The second-order valence-electron chi connectivity index (χ2n) is 5.28. The van der Waals surface area contributed by atoms with Crippen LogP contribution in [-0.2, 0) is 0 Å². The van der Waals surface area contributed by atoms with Gasteiger partial charge in [0.05, 0.1) is 11.2 Å². The van der Waals surface area contributed by atoms with Crippen LogP contribution >= 0.6 is 0 Å². The Morgan fingerprint density at radius 2 is 1.90 bits per heavy atom. The number of benzene rings is 1. The summed E-state index contributed by atoms with van der Waals surface area (Å²) < 4.78 is 0. The molecule has 2 nitrogen and oxygen atoms in total. The van der Waals surface area contributed by atoms with Crippen LogP contribution in [-0.4, -0.2) is 5.54 Å². The Hall–Kier alpha value is -1.70. The average Bonchev–Trinajstić information content (AvgIpc) is 2.50. The van der Waals surface area contributed by atoms with Gasteiger partial charge in [-0.25, -0.2) is 0 Å². The van der Waals surface area contributed by atoms with E-state index >= 15 is 0 Å². The van der Waals surface area contributed by atoms with Gasteiger partial charge in [-0.2, -0.15) is 10.2 Å². The van der Waals surface area contributed by atoms with E-state index in [2.05, 4.69) is 42.8 Å². The Labute approximate surface area is 123 Å². The van der Waals surface area contributed by atoms with Gasteiger partial charge in [0.25, 0.3) is 0 Å². The van der Waals surface area contributed by atoms with Crippen molar-refractivity contribution in [3.63, 3.8) is 0 Å². The smallest absolute Gasteiger partial charge is 0.0852 e. The number of hydrogen-bond acceptors (Lipinski definition) is 2. The second-order valence-corrected chi connectivity index (χ2v) is 5.28. The van der Waals surface area contributed by atoms with Crippen LogP contribution in [0.4, 0.5) is 5.69 Å². The van der Waals surface area contributed by atoms with Crippen LogP contribution in [0.3, 0.4) is 0 Å². The van der Waals surface area contributed by atoms with Crippen molar-refractivity contribution in [3.05, 3.63) is 55.1 Å². The minimum atomic E-state index is -0.106. The molecular weight excluding hydrogens is 244 g/mol. The van der Waals surface area contributed by atoms with Gasteiger partial charge in [-0.05, 0) is 51.2 Å². The third-order valence-corrected chi connectivity index (χ3v) is 3.43. The number of unbranched alkanes of at least 4 members (excludes halogenated alkanes) is 2. The van der Waals surface area contributed by atoms with Gasteiger partial charge >= 0.3 is 0 Å². The summed E-state index contributed by atoms with van der Waals surface area (Å²) in [5, 5.41) is 8.89. The van der Waals surface area contributed by atoms with E-state index in [-0.39, 0.29) is 5.54 Å². The average molecular weight is 270 g/mol. The van der Waals surface area contributed by atoms with Gasteiger partial charge in [0.1, 0.15) is 0 Å². The van der Waals surface area contributed by atoms with E-state index in [1.807, 2.05) is 36.4 Å². The highest BCUT2D eigenvalue weighted by molar-refractivity contribution is 5.34. The van der Waals surface area contributed by atoms with Crippen molar-refractivity contribution < 1.29 is 0 Å². The van der Waals surface area contributed by atoms with Crippen LogP contribution in [0.2, 0.25) is 0 Å². The third kappa shape index (κ3) is 6.46. The van der Waals surface area contributed by atoms with Crippen molar-refractivity contribution >= 4 is 5.69 Å². The highest BCUT2D eigenvalue weighted by atomic mass is 15.1. The molecule has 1 aromatic carbocycles. The summed E-state index contributed by atoms with van der Waals surface area (Å²) in [5.41, 5.74) is 0.812. The molecule has 0 aromatic heterocycles. The van der Waals surface area contributed by atoms with E-state index in [0.29, 0.717) is 0 Å². The van der Waals surface area contributed by atoms with Gasteiger partial charge in [-0.15, -0.1) is 6.58 Å². The molecule has 0 heterocycles. The zero-order valence-electron chi connectivity index (χ0n) is 12.8. The molecule has 108 valence electrons. The lowest BCUT2D eigenvalue weighted by atomic mass is 9.95. The van der Waals surface area contributed by atoms with Crippen LogP contribution in [0.25, 0.3) is 0 Å². The van der Waals surface area contributed by atoms with Crippen molar-refractivity contribution in [2.45, 2.75) is 51.5 Å². The van der Waals surface area contributed by atoms with Gasteiger partial charge in [-0.3, -0.25) is 0 Å². The molecule has 0 bridgehead atoms. The SMILES string of the molecule is C=CCCCC=CCC(C)(CC)N=Nc1ccccc1. The minimum absolute atomic E-state index is 0.106. The molecule has 0 aliphatic rings. The Bertz CT molecular complexity index is 434. The van der Waals surface area contributed by atoms with Gasteiger partial charge < -0.3 is 0 Å². The molecule has 1 rings (SSSR count). The molecule has 0 spiro atoms. The first-order valence-corrected chi connectivity index (χ1v) is 7.44. The standard InChI is InChI=1S/C18H26N2/c1-4-6-7-8-9-13-16-18(3,5-2)20-19-17-14-11-10-12-15-17/h4,9-15H,1,5-8,16H2,2-3H3. The highest BCUT2D eigenvalue weighted by Crippen LogP contribution is 2.24. The molecule has 0 aliphatic carbocycles. The quantitative estimate of drug-likeness (QED) is 0.288. The summed E-state index contributed by atoms with van der Waals surface area (Å²) in [5.74, 6) is 0. The maximum absolute atomic E-state index is 4.54. The number of rotatable bonds is 9. The minimum Gasteiger partial charge on any atom is -0.182 e. The van der Waals surface area contributed by atoms with Crippen molar-refractivity contribution in [2.24, 2.45) is 10.2 Å². The Kier molecular flexibility index (Phi) is 7.56. The zero-order valence-corrected chi connectivity index (χ0v) is 12.8. The fourth-order valence-corrected chi connectivity index (χ4v) is 1.76. The topological polar surface area (TPSA) is 24.7 Å². The summed E-state index contributed by atoms with van der Waals surface area (Å²) in [4.78, 5) is 0. The first kappa shape index (κ1) is 16.4. The zero-order chi connectivity index (χ0) is 14.7. The lowest BCUT2D eigenvalue weighted by Gasteiger charge is -2.19. The van der Waals surface area contributed by atoms with E-state index < -0.39 is 0 Å². The molecule has 0 fully saturated rings. The van der Waals surface area contributed by atoms with Gasteiger partial charge in [0.15, 0.2) is 0 Å². The Balaban J connectivity index is 2.49. The van der Waals surface area contributed by atoms with E-state index in [4.69, 9.17) is 0 Å². The molecule has 0 saturated heterocycles. The molecule has 1 aromatic rings. The molecule has 1 unspecified atom stereocenters. The number of allylic oxidation sites excluding steroid dienone is 2. The van der Waals surface area contributed by atoms with Crippen molar-refractivity contribution in [2.75, 3.05) is 0 Å². The fourth-order valence-electron chi connectivity index (χ4n) is 1.76. The lowest BCUT2D eigenvalue weighted by molar-refractivity contribution is 0.440. The second kappa shape index (κ2) is 9.24. The lowest BCUT2D eigenvalue weighted by Crippen LogP contribution is -2.18. The molecular formula is C18H26N2. The van der Waals surface area contributed by atoms with Gasteiger partial charge in [-0.1, -0.05) is 43.4 Å². The van der Waals surface area contributed by atoms with Crippen LogP contribution < -0.4 is 0 Å². The largest absolute Gasteiger partial charge is 0.182 e. The number of hydrogen-bond donors (Lipinski definition) is 0. The van der Waals surface area contributed by atoms with Crippen LogP contribution in [0.5, 0.6) is 0 Å². The Morgan fingerprint density at radius 1 is 1.15 bits per heavy atom. The number of azo groups is 1. The molecule has 20 heavy (non-hydrogen) atoms. The van der Waals surface area contributed by atoms with Crippen molar-refractivity contribution in [1.29, 1.82) is 0 Å². The van der Waals surface area contributed by atoms with Gasteiger partial charge in [0, 0.05) is 0 Å². The maximum atomic E-state index is 4.54. The first-order chi connectivity index (χ1) is 9.70. The van der Waals surface area contributed by atoms with Gasteiger partial charge in [0.2, 0.25) is 0 Å². The first-order valence-electron chi connectivity index (χ1n) is 7.44. The highest BCUT2D eigenvalue weighted by Gasteiger charge is 2.19. The molecule has 0 aliphatic heterocycles. The maximum Gasteiger partial charge on any atom is 0.0852 e. The van der Waals surface area contributed by atoms with Crippen molar-refractivity contribution in [3.8, 4) is 0 Å². The molecule has 0 saturated carbocycles. The molecule has 2 heteroatoms. The van der Waals surface area contributed by atoms with Crippen LogP contribution in [0, 0.1) is 0 Å². The summed E-state index contributed by atoms with van der Waals surface area (Å²) in [7, 11) is 0. The molecule has 1 atom stereocenters. The molecule has 0 N–H and O–H groups in total. The molecule has 0 amide bonds. The predicted octanol–water partition coefficient (Wildman–Crippen LogP) is 6.24. The Morgan fingerprint density at radius 3 is 2.55 bits per heavy atom. The monoisotopic (exact) mass is 270 g/mol. The van der Waals surface area contributed by atoms with E-state index in [1.165, 1.54) is 6.42 Å². The summed E-state index contributed by atoms with van der Waals surface area (Å²) in [6, 6.07) is 9.91. The van der Waals surface area contributed by atoms with E-state index in [0.717, 1.165) is 31.4 Å². The predicted molar refractivity (Wildman–Crippen MR) is 87.5 cm³/mol. The molecule has 0 radical (unpaired) electrons. The normalized spacial score (nSPS) is 14.7. The van der Waals surface area contributed by atoms with Crippen molar-refractivity contribution in [1.82, 2.24) is 0 Å². The third-order valence-electron chi connectivity index (χ3n) is 3.43. The summed E-state index contributed by atoms with van der Waals surface area (Å²) in [6.45, 7) is 8.06. The fraction of sp³-hybridized carbons (Fsp3) is 0.444. The van der Waals surface area contributed by atoms with E-state index in [9.17, 15) is 0 Å². The van der Waals surface area contributed by atoms with Crippen LogP contribution in [0.1, 0.15) is 46.0 Å².